The van der Waals surface area contributed by atoms with Gasteiger partial charge in [0.15, 0.2) is 11.5 Å². The van der Waals surface area contributed by atoms with Crippen LogP contribution in [0.5, 0.6) is 11.5 Å². The number of hydrogen-bond donors (Lipinski definition) is 1. The number of benzene rings is 2. The highest BCUT2D eigenvalue weighted by atomic mass is 19.4. The zero-order chi connectivity index (χ0) is 19.2. The molecule has 0 aromatic heterocycles. The molecule has 1 N–H and O–H groups in total. The molecule has 136 valence electrons. The van der Waals surface area contributed by atoms with Gasteiger partial charge in [-0.25, -0.2) is 0 Å². The molecule has 0 heterocycles. The zero-order valence-electron chi connectivity index (χ0n) is 14.1. The first kappa shape index (κ1) is 19.2. The van der Waals surface area contributed by atoms with E-state index in [0.717, 1.165) is 6.07 Å². The molecule has 4 nitrogen and oxygen atoms in total. The molecule has 26 heavy (non-hydrogen) atoms. The standard InChI is InChI=1S/C19H16F3NO3/c1-25-16-11-5-9-14(17(16)26-2)18(24)23-12-6-8-13-7-3-4-10-15(13)19(20,21)22/h3-5,7,9-11H,12H2,1-2H3,(H,23,24). The minimum absolute atomic E-state index is 0.120. The first-order chi connectivity index (χ1) is 12.4. The number of carbonyl (C=O) groups is 1. The minimum Gasteiger partial charge on any atom is -0.493 e. The SMILES string of the molecule is COc1cccc(C(=O)NCC#Cc2ccccc2C(F)(F)F)c1OC. The first-order valence-electron chi connectivity index (χ1n) is 7.52. The zero-order valence-corrected chi connectivity index (χ0v) is 14.1. The molecule has 2 rings (SSSR count). The molecule has 0 radical (unpaired) electrons. The van der Waals surface area contributed by atoms with E-state index in [4.69, 9.17) is 9.47 Å². The Bertz CT molecular complexity index is 851. The fourth-order valence-corrected chi connectivity index (χ4v) is 2.26. The lowest BCUT2D eigenvalue weighted by atomic mass is 10.1. The van der Waals surface area contributed by atoms with Crippen molar-refractivity contribution in [3.63, 3.8) is 0 Å². The molecule has 0 bridgehead atoms. The van der Waals surface area contributed by atoms with Crippen LogP contribution in [0.25, 0.3) is 0 Å². The number of methoxy groups -OCH3 is 2. The van der Waals surface area contributed by atoms with Crippen LogP contribution in [0.1, 0.15) is 21.5 Å². The van der Waals surface area contributed by atoms with Gasteiger partial charge in [-0.1, -0.05) is 30.0 Å². The summed E-state index contributed by atoms with van der Waals surface area (Å²) in [6.45, 7) is -0.120. The number of carbonyl (C=O) groups excluding carboxylic acids is 1. The lowest BCUT2D eigenvalue weighted by Gasteiger charge is -2.11. The molecule has 0 saturated carbocycles. The summed E-state index contributed by atoms with van der Waals surface area (Å²) in [7, 11) is 2.85. The fourth-order valence-electron chi connectivity index (χ4n) is 2.26. The van der Waals surface area contributed by atoms with E-state index < -0.39 is 17.6 Å². The van der Waals surface area contributed by atoms with Crippen LogP contribution in [0.4, 0.5) is 13.2 Å². The quantitative estimate of drug-likeness (QED) is 0.846. The van der Waals surface area contributed by atoms with E-state index in [1.54, 1.807) is 18.2 Å². The number of para-hydroxylation sites is 1. The largest absolute Gasteiger partial charge is 0.493 e. The van der Waals surface area contributed by atoms with Gasteiger partial charge in [-0.3, -0.25) is 4.79 Å². The monoisotopic (exact) mass is 363 g/mol. The van der Waals surface area contributed by atoms with Crippen LogP contribution in [-0.4, -0.2) is 26.7 Å². The molecule has 7 heteroatoms. The van der Waals surface area contributed by atoms with Crippen LogP contribution >= 0.6 is 0 Å². The van der Waals surface area contributed by atoms with E-state index in [1.165, 1.54) is 32.4 Å². The van der Waals surface area contributed by atoms with Crippen molar-refractivity contribution in [1.29, 1.82) is 0 Å². The van der Waals surface area contributed by atoms with Gasteiger partial charge in [0.2, 0.25) is 0 Å². The van der Waals surface area contributed by atoms with Crippen molar-refractivity contribution >= 4 is 5.91 Å². The lowest BCUT2D eigenvalue weighted by molar-refractivity contribution is -0.137. The number of ether oxygens (including phenoxy) is 2. The van der Waals surface area contributed by atoms with Gasteiger partial charge in [0.05, 0.1) is 31.9 Å². The number of alkyl halides is 3. The Labute approximate surface area is 148 Å². The van der Waals surface area contributed by atoms with Gasteiger partial charge in [0.25, 0.3) is 5.91 Å². The molecule has 1 amide bonds. The molecular formula is C19H16F3NO3. The van der Waals surface area contributed by atoms with Gasteiger partial charge in [0, 0.05) is 5.56 Å². The van der Waals surface area contributed by atoms with Crippen molar-refractivity contribution in [2.75, 3.05) is 20.8 Å². The summed E-state index contributed by atoms with van der Waals surface area (Å²) in [5, 5.41) is 2.52. The lowest BCUT2D eigenvalue weighted by Crippen LogP contribution is -2.24. The van der Waals surface area contributed by atoms with Gasteiger partial charge >= 0.3 is 6.18 Å². The second-order valence-corrected chi connectivity index (χ2v) is 5.07. The maximum absolute atomic E-state index is 12.9. The van der Waals surface area contributed by atoms with E-state index in [1.807, 2.05) is 0 Å². The van der Waals surface area contributed by atoms with Crippen LogP contribution in [0.3, 0.4) is 0 Å². The Hall–Kier alpha value is -3.14. The second-order valence-electron chi connectivity index (χ2n) is 5.07. The summed E-state index contributed by atoms with van der Waals surface area (Å²) in [6.07, 6.45) is -4.48. The van der Waals surface area contributed by atoms with Crippen molar-refractivity contribution in [1.82, 2.24) is 5.32 Å². The second kappa shape index (κ2) is 8.30. The number of nitrogens with one attached hydrogen (secondary N) is 1. The molecular weight excluding hydrogens is 347 g/mol. The topological polar surface area (TPSA) is 47.6 Å². The highest BCUT2D eigenvalue weighted by Crippen LogP contribution is 2.31. The predicted octanol–water partition coefficient (Wildman–Crippen LogP) is 3.50. The Morgan fingerprint density at radius 3 is 2.46 bits per heavy atom. The van der Waals surface area contributed by atoms with E-state index in [-0.39, 0.29) is 23.4 Å². The minimum atomic E-state index is -4.48. The normalized spacial score (nSPS) is 10.5. The molecule has 0 unspecified atom stereocenters. The summed E-state index contributed by atoms with van der Waals surface area (Å²) >= 11 is 0. The Kier molecular flexibility index (Phi) is 6.12. The van der Waals surface area contributed by atoms with Crippen molar-refractivity contribution < 1.29 is 27.4 Å². The third kappa shape index (κ3) is 4.48. The van der Waals surface area contributed by atoms with Gasteiger partial charge in [-0.15, -0.1) is 0 Å². The summed E-state index contributed by atoms with van der Waals surface area (Å²) in [4.78, 5) is 12.2. The van der Waals surface area contributed by atoms with Crippen LogP contribution in [0, 0.1) is 11.8 Å². The first-order valence-corrected chi connectivity index (χ1v) is 7.52. The van der Waals surface area contributed by atoms with Gasteiger partial charge in [-0.2, -0.15) is 13.2 Å². The highest BCUT2D eigenvalue weighted by Gasteiger charge is 2.32. The third-order valence-corrected chi connectivity index (χ3v) is 3.44. The summed E-state index contributed by atoms with van der Waals surface area (Å²) in [5.41, 5.74) is -0.717. The summed E-state index contributed by atoms with van der Waals surface area (Å²) in [5.74, 6) is 5.15. The average Bonchev–Trinajstić information content (AvgIpc) is 2.63. The van der Waals surface area contributed by atoms with Crippen molar-refractivity contribution in [3.8, 4) is 23.3 Å². The average molecular weight is 363 g/mol. The van der Waals surface area contributed by atoms with Gasteiger partial charge in [0.1, 0.15) is 0 Å². The van der Waals surface area contributed by atoms with Crippen LogP contribution in [0.15, 0.2) is 42.5 Å². The Morgan fingerprint density at radius 2 is 1.81 bits per heavy atom. The molecule has 2 aromatic rings. The summed E-state index contributed by atoms with van der Waals surface area (Å²) in [6, 6.07) is 9.82. The molecule has 0 saturated heterocycles. The van der Waals surface area contributed by atoms with E-state index in [0.29, 0.717) is 5.75 Å². The van der Waals surface area contributed by atoms with E-state index in [9.17, 15) is 18.0 Å². The number of hydrogen-bond acceptors (Lipinski definition) is 3. The van der Waals surface area contributed by atoms with Crippen molar-refractivity contribution in [2.24, 2.45) is 0 Å². The number of halogens is 3. The number of rotatable bonds is 4. The van der Waals surface area contributed by atoms with E-state index in [2.05, 4.69) is 17.2 Å². The van der Waals surface area contributed by atoms with Crippen molar-refractivity contribution in [3.05, 3.63) is 59.2 Å². The van der Waals surface area contributed by atoms with Crippen molar-refractivity contribution in [2.45, 2.75) is 6.18 Å². The maximum atomic E-state index is 12.9. The highest BCUT2D eigenvalue weighted by molar-refractivity contribution is 5.97. The fraction of sp³-hybridized carbons (Fsp3) is 0.211. The Morgan fingerprint density at radius 1 is 1.08 bits per heavy atom. The molecule has 0 spiro atoms. The van der Waals surface area contributed by atoms with Crippen LogP contribution in [-0.2, 0) is 6.18 Å². The van der Waals surface area contributed by atoms with Gasteiger partial charge < -0.3 is 14.8 Å². The molecule has 0 aliphatic rings. The van der Waals surface area contributed by atoms with Crippen LogP contribution in [0.2, 0.25) is 0 Å². The molecule has 0 atom stereocenters. The third-order valence-electron chi connectivity index (χ3n) is 3.44. The smallest absolute Gasteiger partial charge is 0.417 e. The van der Waals surface area contributed by atoms with Gasteiger partial charge in [-0.05, 0) is 24.3 Å². The molecule has 0 aliphatic heterocycles. The number of amides is 1. The predicted molar refractivity (Wildman–Crippen MR) is 90.2 cm³/mol. The molecule has 0 fully saturated rings. The maximum Gasteiger partial charge on any atom is 0.417 e. The van der Waals surface area contributed by atoms with E-state index >= 15 is 0 Å². The molecule has 2 aromatic carbocycles. The summed E-state index contributed by atoms with van der Waals surface area (Å²) < 4.78 is 49.0. The molecule has 0 aliphatic carbocycles. The van der Waals surface area contributed by atoms with Crippen LogP contribution < -0.4 is 14.8 Å². The Balaban J connectivity index is 2.11.